The van der Waals surface area contributed by atoms with Crippen LogP contribution in [0, 0.1) is 15.9 Å². The predicted octanol–water partition coefficient (Wildman–Crippen LogP) is 4.39. The van der Waals surface area contributed by atoms with Gasteiger partial charge in [-0.1, -0.05) is 17.7 Å². The number of aromatic nitrogens is 1. The summed E-state index contributed by atoms with van der Waals surface area (Å²) in [7, 11) is 0. The third-order valence-electron chi connectivity index (χ3n) is 3.35. The van der Waals surface area contributed by atoms with Crippen LogP contribution in [0.15, 0.2) is 48.7 Å². The summed E-state index contributed by atoms with van der Waals surface area (Å²) in [5.74, 6) is -0.277. The summed E-state index contributed by atoms with van der Waals surface area (Å²) in [6.07, 6.45) is 1.77. The number of hydrogen-bond donors (Lipinski definition) is 0. The Morgan fingerprint density at radius 2 is 2.05 bits per heavy atom. The van der Waals surface area contributed by atoms with E-state index in [9.17, 15) is 14.5 Å². The molecule has 106 valence electrons. The van der Waals surface area contributed by atoms with Crippen LogP contribution in [0.25, 0.3) is 10.9 Å². The van der Waals surface area contributed by atoms with Crippen LogP contribution in [-0.2, 0) is 6.54 Å². The lowest BCUT2D eigenvalue weighted by Gasteiger charge is -2.07. The monoisotopic (exact) mass is 304 g/mol. The van der Waals surface area contributed by atoms with Crippen LogP contribution in [-0.4, -0.2) is 9.49 Å². The molecule has 21 heavy (non-hydrogen) atoms. The van der Waals surface area contributed by atoms with Crippen molar-refractivity contribution in [3.8, 4) is 0 Å². The molecule has 0 radical (unpaired) electrons. The average molecular weight is 305 g/mol. The van der Waals surface area contributed by atoms with Gasteiger partial charge in [-0.25, -0.2) is 4.39 Å². The van der Waals surface area contributed by atoms with Crippen LogP contribution in [0.4, 0.5) is 10.1 Å². The van der Waals surface area contributed by atoms with Crippen molar-refractivity contribution in [1.82, 2.24) is 4.57 Å². The van der Waals surface area contributed by atoms with Crippen molar-refractivity contribution in [2.24, 2.45) is 0 Å². The number of non-ortho nitro benzene ring substituents is 1. The van der Waals surface area contributed by atoms with Gasteiger partial charge in [0.05, 0.1) is 15.5 Å². The van der Waals surface area contributed by atoms with Crippen molar-refractivity contribution in [2.75, 3.05) is 0 Å². The third kappa shape index (κ3) is 2.48. The molecule has 0 unspecified atom stereocenters. The lowest BCUT2D eigenvalue weighted by Crippen LogP contribution is -1.99. The second kappa shape index (κ2) is 5.18. The number of rotatable bonds is 3. The van der Waals surface area contributed by atoms with E-state index in [1.54, 1.807) is 24.4 Å². The van der Waals surface area contributed by atoms with Crippen LogP contribution >= 0.6 is 11.6 Å². The first-order chi connectivity index (χ1) is 10.1. The van der Waals surface area contributed by atoms with Gasteiger partial charge in [0, 0.05) is 30.3 Å². The molecule has 6 heteroatoms. The van der Waals surface area contributed by atoms with Crippen LogP contribution in [0.2, 0.25) is 5.02 Å². The fourth-order valence-electron chi connectivity index (χ4n) is 2.29. The normalized spacial score (nSPS) is 11.0. The fraction of sp³-hybridized carbons (Fsp3) is 0.0667. The molecule has 0 aliphatic heterocycles. The van der Waals surface area contributed by atoms with Crippen molar-refractivity contribution in [3.05, 3.63) is 75.2 Å². The number of nitro benzene ring substituents is 1. The van der Waals surface area contributed by atoms with Crippen molar-refractivity contribution >= 4 is 28.2 Å². The largest absolute Gasteiger partial charge is 0.343 e. The highest BCUT2D eigenvalue weighted by molar-refractivity contribution is 6.31. The van der Waals surface area contributed by atoms with E-state index < -0.39 is 4.92 Å². The molecule has 0 saturated carbocycles. The lowest BCUT2D eigenvalue weighted by atomic mass is 10.2. The molecular formula is C15H10ClFN2O2. The quantitative estimate of drug-likeness (QED) is 0.532. The Kier molecular flexibility index (Phi) is 3.35. The first kappa shape index (κ1) is 13.6. The van der Waals surface area contributed by atoms with Crippen LogP contribution in [0.3, 0.4) is 0 Å². The van der Waals surface area contributed by atoms with Gasteiger partial charge in [-0.3, -0.25) is 10.1 Å². The Balaban J connectivity index is 1.99. The van der Waals surface area contributed by atoms with Crippen molar-refractivity contribution in [2.45, 2.75) is 6.54 Å². The van der Waals surface area contributed by atoms with Gasteiger partial charge in [-0.15, -0.1) is 0 Å². The molecule has 0 N–H and O–H groups in total. The minimum Gasteiger partial charge on any atom is -0.343 e. The van der Waals surface area contributed by atoms with Crippen LogP contribution in [0.5, 0.6) is 0 Å². The summed E-state index contributed by atoms with van der Waals surface area (Å²) in [4.78, 5) is 10.2. The molecule has 0 amide bonds. The molecule has 1 heterocycles. The Labute approximate surface area is 124 Å². The second-order valence-electron chi connectivity index (χ2n) is 4.65. The van der Waals surface area contributed by atoms with Gasteiger partial charge >= 0.3 is 0 Å². The SMILES string of the molecule is O=[N+]([O-])c1ccc(Cn2ccc3c(F)cccc32)c(Cl)c1. The molecule has 0 fully saturated rings. The molecule has 1 aromatic heterocycles. The van der Waals surface area contributed by atoms with E-state index in [0.29, 0.717) is 17.0 Å². The maximum Gasteiger partial charge on any atom is 0.270 e. The zero-order chi connectivity index (χ0) is 15.0. The summed E-state index contributed by atoms with van der Waals surface area (Å²) < 4.78 is 15.5. The van der Waals surface area contributed by atoms with E-state index in [0.717, 1.165) is 11.1 Å². The Bertz CT molecular complexity index is 845. The van der Waals surface area contributed by atoms with Gasteiger partial charge in [0.25, 0.3) is 5.69 Å². The maximum atomic E-state index is 13.6. The van der Waals surface area contributed by atoms with E-state index in [1.807, 2.05) is 10.6 Å². The highest BCUT2D eigenvalue weighted by Gasteiger charge is 2.11. The molecule has 0 bridgehead atoms. The van der Waals surface area contributed by atoms with Gasteiger partial charge in [0.2, 0.25) is 0 Å². The van der Waals surface area contributed by atoms with Crippen LogP contribution in [0.1, 0.15) is 5.56 Å². The van der Waals surface area contributed by atoms with E-state index in [4.69, 9.17) is 11.6 Å². The van der Waals surface area contributed by atoms with Crippen molar-refractivity contribution in [3.63, 3.8) is 0 Å². The van der Waals surface area contributed by atoms with E-state index in [2.05, 4.69) is 0 Å². The Morgan fingerprint density at radius 3 is 2.76 bits per heavy atom. The molecule has 0 saturated heterocycles. The van der Waals surface area contributed by atoms with Crippen molar-refractivity contribution < 1.29 is 9.31 Å². The summed E-state index contributed by atoms with van der Waals surface area (Å²) >= 11 is 6.08. The van der Waals surface area contributed by atoms with Gasteiger partial charge in [-0.05, 0) is 29.8 Å². The minimum atomic E-state index is -0.490. The summed E-state index contributed by atoms with van der Waals surface area (Å²) in [5.41, 5.74) is 1.45. The van der Waals surface area contributed by atoms with E-state index >= 15 is 0 Å². The average Bonchev–Trinajstić information content (AvgIpc) is 2.85. The number of nitrogens with zero attached hydrogens (tertiary/aromatic N) is 2. The first-order valence-electron chi connectivity index (χ1n) is 6.22. The number of fused-ring (bicyclic) bond motifs is 1. The van der Waals surface area contributed by atoms with Crippen molar-refractivity contribution in [1.29, 1.82) is 0 Å². The molecule has 3 aromatic rings. The molecule has 0 spiro atoms. The summed E-state index contributed by atoms with van der Waals surface area (Å²) in [6, 6.07) is 10.9. The van der Waals surface area contributed by atoms with E-state index in [1.165, 1.54) is 18.2 Å². The van der Waals surface area contributed by atoms with E-state index in [-0.39, 0.29) is 11.5 Å². The fourth-order valence-corrected chi connectivity index (χ4v) is 2.52. The van der Waals surface area contributed by atoms with Gasteiger partial charge in [-0.2, -0.15) is 0 Å². The smallest absolute Gasteiger partial charge is 0.270 e. The standard InChI is InChI=1S/C15H10ClFN2O2/c16-13-8-11(19(20)21)5-4-10(13)9-18-7-6-12-14(17)2-1-3-15(12)18/h1-8H,9H2. The predicted molar refractivity (Wildman–Crippen MR) is 79.1 cm³/mol. The zero-order valence-corrected chi connectivity index (χ0v) is 11.5. The molecule has 0 aliphatic carbocycles. The van der Waals surface area contributed by atoms with Crippen LogP contribution < -0.4 is 0 Å². The Hall–Kier alpha value is -2.40. The van der Waals surface area contributed by atoms with Gasteiger partial charge in [0.15, 0.2) is 0 Å². The lowest BCUT2D eigenvalue weighted by molar-refractivity contribution is -0.384. The molecule has 0 atom stereocenters. The van der Waals surface area contributed by atoms with Gasteiger partial charge < -0.3 is 4.57 Å². The molecule has 0 aliphatic rings. The molecule has 2 aromatic carbocycles. The highest BCUT2D eigenvalue weighted by Crippen LogP contribution is 2.25. The number of hydrogen-bond acceptors (Lipinski definition) is 2. The molecule has 4 nitrogen and oxygen atoms in total. The maximum absolute atomic E-state index is 13.6. The molecular weight excluding hydrogens is 295 g/mol. The topological polar surface area (TPSA) is 48.1 Å². The number of halogens is 2. The first-order valence-corrected chi connectivity index (χ1v) is 6.60. The molecule has 3 rings (SSSR count). The van der Waals surface area contributed by atoms with Gasteiger partial charge in [0.1, 0.15) is 5.82 Å². The highest BCUT2D eigenvalue weighted by atomic mass is 35.5. The minimum absolute atomic E-state index is 0.0489. The summed E-state index contributed by atoms with van der Waals surface area (Å²) in [5, 5.41) is 11.6. The zero-order valence-electron chi connectivity index (χ0n) is 10.8. The Morgan fingerprint density at radius 1 is 1.24 bits per heavy atom. The third-order valence-corrected chi connectivity index (χ3v) is 3.70. The number of benzene rings is 2. The summed E-state index contributed by atoms with van der Waals surface area (Å²) in [6.45, 7) is 0.420. The second-order valence-corrected chi connectivity index (χ2v) is 5.06. The number of nitro groups is 1.